The van der Waals surface area contributed by atoms with Crippen molar-refractivity contribution in [3.05, 3.63) is 23.8 Å². The lowest BCUT2D eigenvalue weighted by Gasteiger charge is -2.21. The van der Waals surface area contributed by atoms with E-state index in [4.69, 9.17) is 0 Å². The van der Waals surface area contributed by atoms with E-state index in [2.05, 4.69) is 26.0 Å². The van der Waals surface area contributed by atoms with Crippen LogP contribution in [0, 0.1) is 5.92 Å². The maximum absolute atomic E-state index is 11.8. The molecule has 1 aliphatic heterocycles. The molecule has 1 heterocycles. The predicted octanol–water partition coefficient (Wildman–Crippen LogP) is 1.59. The largest absolute Gasteiger partial charge is 0.507 e. The highest BCUT2D eigenvalue weighted by Crippen LogP contribution is 2.23. The van der Waals surface area contributed by atoms with Crippen molar-refractivity contribution in [2.75, 3.05) is 18.0 Å². The van der Waals surface area contributed by atoms with Crippen LogP contribution in [0.15, 0.2) is 28.4 Å². The molecule has 2 amide bonds. The highest BCUT2D eigenvalue weighted by molar-refractivity contribution is 6.07. The van der Waals surface area contributed by atoms with Gasteiger partial charge in [-0.25, -0.2) is 10.9 Å². The summed E-state index contributed by atoms with van der Waals surface area (Å²) in [5.74, 6) is -0.742. The molecule has 3 N–H and O–H groups in total. The monoisotopic (exact) mass is 359 g/mol. The number of carbonyl (C=O) groups excluding carboxylic acids is 2. The van der Waals surface area contributed by atoms with Crippen molar-refractivity contribution in [1.29, 1.82) is 0 Å². The van der Waals surface area contributed by atoms with Gasteiger partial charge in [-0.05, 0) is 39.3 Å². The van der Waals surface area contributed by atoms with Gasteiger partial charge < -0.3 is 10.0 Å². The van der Waals surface area contributed by atoms with E-state index in [1.54, 1.807) is 19.1 Å². The van der Waals surface area contributed by atoms with E-state index in [-0.39, 0.29) is 29.9 Å². The summed E-state index contributed by atoms with van der Waals surface area (Å²) in [7, 11) is 0. The van der Waals surface area contributed by atoms with Gasteiger partial charge in [-0.1, -0.05) is 0 Å². The van der Waals surface area contributed by atoms with Crippen LogP contribution in [0.25, 0.3) is 0 Å². The summed E-state index contributed by atoms with van der Waals surface area (Å²) >= 11 is 0. The fourth-order valence-electron chi connectivity index (χ4n) is 2.76. The molecule has 0 saturated carbocycles. The normalized spacial score (nSPS) is 16.5. The lowest BCUT2D eigenvalue weighted by atomic mass is 9.99. The minimum absolute atomic E-state index is 0.0989. The number of phenols is 1. The summed E-state index contributed by atoms with van der Waals surface area (Å²) in [4.78, 5) is 25.5. The van der Waals surface area contributed by atoms with E-state index in [0.717, 1.165) is 18.8 Å². The fraction of sp³-hybridized carbons (Fsp3) is 0.444. The van der Waals surface area contributed by atoms with Crippen LogP contribution in [0.4, 0.5) is 5.69 Å². The number of benzene rings is 1. The van der Waals surface area contributed by atoms with E-state index in [1.165, 1.54) is 6.21 Å². The minimum Gasteiger partial charge on any atom is -0.507 e. The van der Waals surface area contributed by atoms with Crippen molar-refractivity contribution in [3.63, 3.8) is 0 Å². The summed E-state index contributed by atoms with van der Waals surface area (Å²) in [6.07, 6.45) is 1.94. The quantitative estimate of drug-likeness (QED) is 0.484. The van der Waals surface area contributed by atoms with Gasteiger partial charge in [0.05, 0.1) is 12.1 Å². The number of carbonyl (C=O) groups is 2. The molecule has 0 aromatic heterocycles. The van der Waals surface area contributed by atoms with Gasteiger partial charge in [0.25, 0.3) is 0 Å². The molecule has 140 valence electrons. The van der Waals surface area contributed by atoms with Crippen LogP contribution >= 0.6 is 0 Å². The maximum Gasteiger partial charge on any atom is 0.248 e. The van der Waals surface area contributed by atoms with E-state index >= 15 is 0 Å². The van der Waals surface area contributed by atoms with Gasteiger partial charge >= 0.3 is 0 Å². The van der Waals surface area contributed by atoms with Crippen LogP contribution in [0.1, 0.15) is 39.2 Å². The Morgan fingerprint density at radius 3 is 2.73 bits per heavy atom. The first-order chi connectivity index (χ1) is 12.5. The number of rotatable bonds is 8. The second-order valence-electron chi connectivity index (χ2n) is 6.03. The standard InChI is InChI=1S/C18H25N5O3/c1-4-23(5-2)14-7-6-13(16(24)10-14)11-19-21-17(25)9-8-15-12(3)20-22-18(15)26/h6-7,10-11,15,24H,4-5,8-9H2,1-3H3,(H,21,25)(H,22,26)/b19-11+/t15-/m1/s1. The number of nitrogens with zero attached hydrogens (tertiary/aromatic N) is 3. The lowest BCUT2D eigenvalue weighted by Crippen LogP contribution is -2.25. The number of hydrogen-bond acceptors (Lipinski definition) is 6. The van der Waals surface area contributed by atoms with Crippen LogP contribution in [-0.4, -0.2) is 41.9 Å². The Morgan fingerprint density at radius 2 is 2.15 bits per heavy atom. The summed E-state index contributed by atoms with van der Waals surface area (Å²) in [5, 5.41) is 17.8. The number of nitrogens with one attached hydrogen (secondary N) is 2. The molecule has 2 rings (SSSR count). The molecule has 0 unspecified atom stereocenters. The third kappa shape index (κ3) is 4.81. The minimum atomic E-state index is -0.360. The van der Waals surface area contributed by atoms with Gasteiger partial charge in [0, 0.05) is 42.5 Å². The molecular formula is C18H25N5O3. The topological polar surface area (TPSA) is 106 Å². The van der Waals surface area contributed by atoms with Crippen molar-refractivity contribution in [1.82, 2.24) is 10.9 Å². The zero-order valence-corrected chi connectivity index (χ0v) is 15.3. The molecule has 8 heteroatoms. The summed E-state index contributed by atoms with van der Waals surface area (Å²) < 4.78 is 0. The van der Waals surface area contributed by atoms with Crippen LogP contribution in [0.2, 0.25) is 0 Å². The molecule has 1 aliphatic rings. The van der Waals surface area contributed by atoms with Crippen LogP contribution < -0.4 is 15.8 Å². The van der Waals surface area contributed by atoms with Crippen LogP contribution in [-0.2, 0) is 9.59 Å². The number of hydrazone groups is 2. The number of amides is 2. The number of hydrogen-bond donors (Lipinski definition) is 3. The van der Waals surface area contributed by atoms with Crippen molar-refractivity contribution >= 4 is 29.4 Å². The average molecular weight is 359 g/mol. The first kappa shape index (κ1) is 19.4. The zero-order valence-electron chi connectivity index (χ0n) is 15.3. The second-order valence-corrected chi connectivity index (χ2v) is 6.03. The van der Waals surface area contributed by atoms with E-state index in [0.29, 0.717) is 17.7 Å². The molecule has 1 atom stereocenters. The van der Waals surface area contributed by atoms with Crippen molar-refractivity contribution in [2.24, 2.45) is 16.1 Å². The van der Waals surface area contributed by atoms with Crippen molar-refractivity contribution < 1.29 is 14.7 Å². The third-order valence-electron chi connectivity index (χ3n) is 4.36. The summed E-state index contributed by atoms with van der Waals surface area (Å²) in [5.41, 5.74) is 6.93. The highest BCUT2D eigenvalue weighted by Gasteiger charge is 2.26. The molecule has 0 saturated heterocycles. The number of anilines is 1. The SMILES string of the molecule is CCN(CC)c1ccc(/C=N/NC(=O)CC[C@H]2C(=O)NN=C2C)c(O)c1. The smallest absolute Gasteiger partial charge is 0.248 e. The Kier molecular flexibility index (Phi) is 6.71. The fourth-order valence-corrected chi connectivity index (χ4v) is 2.76. The number of phenolic OH excluding ortho intramolecular Hbond substituents is 1. The Labute approximate surface area is 153 Å². The van der Waals surface area contributed by atoms with Gasteiger partial charge in [-0.2, -0.15) is 10.2 Å². The van der Waals surface area contributed by atoms with Gasteiger partial charge in [0.1, 0.15) is 5.75 Å². The molecule has 0 fully saturated rings. The summed E-state index contributed by atoms with van der Waals surface area (Å²) in [6, 6.07) is 5.33. The molecule has 8 nitrogen and oxygen atoms in total. The zero-order chi connectivity index (χ0) is 19.1. The van der Waals surface area contributed by atoms with E-state index in [9.17, 15) is 14.7 Å². The molecule has 0 aliphatic carbocycles. The molecule has 0 radical (unpaired) electrons. The Hall–Kier alpha value is -2.90. The van der Waals surface area contributed by atoms with Gasteiger partial charge in [-0.3, -0.25) is 9.59 Å². The van der Waals surface area contributed by atoms with Gasteiger partial charge in [0.15, 0.2) is 0 Å². The van der Waals surface area contributed by atoms with Gasteiger partial charge in [-0.15, -0.1) is 0 Å². The Bertz CT molecular complexity index is 726. The first-order valence-electron chi connectivity index (χ1n) is 8.70. The molecule has 26 heavy (non-hydrogen) atoms. The van der Waals surface area contributed by atoms with E-state index < -0.39 is 0 Å². The first-order valence-corrected chi connectivity index (χ1v) is 8.70. The Morgan fingerprint density at radius 1 is 1.42 bits per heavy atom. The number of aromatic hydroxyl groups is 1. The Balaban J connectivity index is 1.86. The second kappa shape index (κ2) is 8.98. The van der Waals surface area contributed by atoms with Crippen molar-refractivity contribution in [2.45, 2.75) is 33.6 Å². The van der Waals surface area contributed by atoms with Crippen molar-refractivity contribution in [3.8, 4) is 5.75 Å². The highest BCUT2D eigenvalue weighted by atomic mass is 16.3. The third-order valence-corrected chi connectivity index (χ3v) is 4.36. The summed E-state index contributed by atoms with van der Waals surface area (Å²) in [6.45, 7) is 7.55. The molecule has 0 bridgehead atoms. The van der Waals surface area contributed by atoms with Crippen LogP contribution in [0.5, 0.6) is 5.75 Å². The molecule has 1 aromatic rings. The molecule has 0 spiro atoms. The lowest BCUT2D eigenvalue weighted by molar-refractivity contribution is -0.123. The maximum atomic E-state index is 11.8. The average Bonchev–Trinajstić information content (AvgIpc) is 2.94. The molecule has 1 aromatic carbocycles. The van der Waals surface area contributed by atoms with Gasteiger partial charge in [0.2, 0.25) is 11.8 Å². The predicted molar refractivity (Wildman–Crippen MR) is 101 cm³/mol. The van der Waals surface area contributed by atoms with Crippen LogP contribution in [0.3, 0.4) is 0 Å². The van der Waals surface area contributed by atoms with E-state index in [1.807, 2.05) is 19.9 Å². The molecular weight excluding hydrogens is 334 g/mol.